The Morgan fingerprint density at radius 2 is 1.94 bits per heavy atom. The van der Waals surface area contributed by atoms with E-state index in [9.17, 15) is 0 Å². The molecule has 2 aromatic carbocycles. The molecule has 84 valence electrons. The van der Waals surface area contributed by atoms with E-state index in [0.717, 1.165) is 26.9 Å². The van der Waals surface area contributed by atoms with E-state index < -0.39 is 0 Å². The van der Waals surface area contributed by atoms with E-state index in [2.05, 4.69) is 60.6 Å². The topological polar surface area (TPSA) is 28.7 Å². The van der Waals surface area contributed by atoms with Crippen molar-refractivity contribution in [2.75, 3.05) is 0 Å². The van der Waals surface area contributed by atoms with Gasteiger partial charge in [0, 0.05) is 13.6 Å². The van der Waals surface area contributed by atoms with Gasteiger partial charge in [-0.1, -0.05) is 34.1 Å². The first kappa shape index (κ1) is 11.2. The summed E-state index contributed by atoms with van der Waals surface area (Å²) in [5, 5.41) is 0. The molecule has 3 rings (SSSR count). The van der Waals surface area contributed by atoms with E-state index in [1.165, 1.54) is 3.57 Å². The van der Waals surface area contributed by atoms with Gasteiger partial charge >= 0.3 is 0 Å². The molecule has 4 heteroatoms. The Kier molecular flexibility index (Phi) is 2.92. The minimum absolute atomic E-state index is 0.920. The fourth-order valence-corrected chi connectivity index (χ4v) is 2.77. The smallest absolute Gasteiger partial charge is 0.139 e. The molecular weight excluding hydrogens is 391 g/mol. The van der Waals surface area contributed by atoms with Crippen molar-refractivity contribution >= 4 is 49.6 Å². The van der Waals surface area contributed by atoms with E-state index >= 15 is 0 Å². The van der Waals surface area contributed by atoms with Crippen molar-refractivity contribution in [3.63, 3.8) is 0 Å². The van der Waals surface area contributed by atoms with E-state index in [0.29, 0.717) is 0 Å². The third-order valence-corrected chi connectivity index (χ3v) is 4.01. The maximum absolute atomic E-state index is 4.60. The summed E-state index contributed by atoms with van der Waals surface area (Å²) in [4.78, 5) is 7.95. The molecule has 0 aliphatic heterocycles. The second kappa shape index (κ2) is 4.42. The highest BCUT2D eigenvalue weighted by molar-refractivity contribution is 14.1. The second-order valence-electron chi connectivity index (χ2n) is 3.73. The molecule has 1 N–H and O–H groups in total. The highest BCUT2D eigenvalue weighted by Crippen LogP contribution is 2.26. The largest absolute Gasteiger partial charge is 0.338 e. The summed E-state index contributed by atoms with van der Waals surface area (Å²) in [5.74, 6) is 0.920. The Morgan fingerprint density at radius 3 is 2.76 bits per heavy atom. The Balaban J connectivity index is 2.22. The van der Waals surface area contributed by atoms with Gasteiger partial charge in [-0.15, -0.1) is 0 Å². The Hall–Kier alpha value is -0.880. The van der Waals surface area contributed by atoms with Gasteiger partial charge in [0.25, 0.3) is 0 Å². The number of H-pyrrole nitrogens is 1. The molecule has 1 heterocycles. The van der Waals surface area contributed by atoms with Crippen LogP contribution < -0.4 is 0 Å². The summed E-state index contributed by atoms with van der Waals surface area (Å²) in [7, 11) is 0. The first-order valence-corrected chi connectivity index (χ1v) is 7.01. The number of aromatic amines is 1. The van der Waals surface area contributed by atoms with Crippen LogP contribution in [-0.2, 0) is 0 Å². The predicted molar refractivity (Wildman–Crippen MR) is 81.9 cm³/mol. The van der Waals surface area contributed by atoms with Crippen LogP contribution in [0.15, 0.2) is 46.9 Å². The summed E-state index contributed by atoms with van der Waals surface area (Å²) in [6.07, 6.45) is 0. The van der Waals surface area contributed by atoms with Crippen LogP contribution >= 0.6 is 38.5 Å². The Labute approximate surface area is 121 Å². The fourth-order valence-electron chi connectivity index (χ4n) is 1.76. The number of hydrogen-bond donors (Lipinski definition) is 1. The minimum Gasteiger partial charge on any atom is -0.338 e. The Bertz CT molecular complexity index is 691. The van der Waals surface area contributed by atoms with Crippen molar-refractivity contribution < 1.29 is 0 Å². The standard InChI is InChI=1S/C13H8BrIN2/c14-8-5-6-11-12(7-8)17-13(16-11)9-3-1-2-4-10(9)15/h1-7H,(H,16,17). The molecular formula is C13H8BrIN2. The monoisotopic (exact) mass is 398 g/mol. The zero-order valence-corrected chi connectivity index (χ0v) is 12.5. The normalized spacial score (nSPS) is 10.9. The van der Waals surface area contributed by atoms with Crippen LogP contribution in [0.4, 0.5) is 0 Å². The SMILES string of the molecule is Brc1ccc2nc(-c3ccccc3I)[nH]c2c1. The maximum atomic E-state index is 4.60. The quantitative estimate of drug-likeness (QED) is 0.596. The van der Waals surface area contributed by atoms with Gasteiger partial charge in [0.15, 0.2) is 0 Å². The molecule has 0 atom stereocenters. The summed E-state index contributed by atoms with van der Waals surface area (Å²) < 4.78 is 2.26. The summed E-state index contributed by atoms with van der Waals surface area (Å²) in [6.45, 7) is 0. The van der Waals surface area contributed by atoms with Gasteiger partial charge in [-0.25, -0.2) is 4.98 Å². The molecule has 0 spiro atoms. The van der Waals surface area contributed by atoms with Crippen molar-refractivity contribution in [2.24, 2.45) is 0 Å². The summed E-state index contributed by atoms with van der Waals surface area (Å²) in [6, 6.07) is 14.3. The lowest BCUT2D eigenvalue weighted by Gasteiger charge is -1.98. The van der Waals surface area contributed by atoms with Gasteiger partial charge in [-0.05, 0) is 46.9 Å². The number of rotatable bonds is 1. The van der Waals surface area contributed by atoms with Crippen LogP contribution in [0.5, 0.6) is 0 Å². The van der Waals surface area contributed by atoms with Gasteiger partial charge in [0.1, 0.15) is 5.82 Å². The van der Waals surface area contributed by atoms with Crippen molar-refractivity contribution in [1.82, 2.24) is 9.97 Å². The molecule has 1 aromatic heterocycles. The van der Waals surface area contributed by atoms with Crippen molar-refractivity contribution in [3.8, 4) is 11.4 Å². The third kappa shape index (κ3) is 2.11. The van der Waals surface area contributed by atoms with Gasteiger partial charge in [0.2, 0.25) is 0 Å². The van der Waals surface area contributed by atoms with Crippen LogP contribution in [0.25, 0.3) is 22.4 Å². The van der Waals surface area contributed by atoms with Crippen molar-refractivity contribution in [2.45, 2.75) is 0 Å². The summed E-state index contributed by atoms with van der Waals surface area (Å²) >= 11 is 5.79. The summed E-state index contributed by atoms with van der Waals surface area (Å²) in [5.41, 5.74) is 3.18. The molecule has 0 saturated carbocycles. The number of hydrogen-bond acceptors (Lipinski definition) is 1. The molecule has 0 saturated heterocycles. The van der Waals surface area contributed by atoms with Crippen molar-refractivity contribution in [1.29, 1.82) is 0 Å². The lowest BCUT2D eigenvalue weighted by molar-refractivity contribution is 1.33. The molecule has 17 heavy (non-hydrogen) atoms. The number of aromatic nitrogens is 2. The molecule has 0 aliphatic carbocycles. The Morgan fingerprint density at radius 1 is 1.12 bits per heavy atom. The van der Waals surface area contributed by atoms with E-state index in [4.69, 9.17) is 0 Å². The second-order valence-corrected chi connectivity index (χ2v) is 5.80. The van der Waals surface area contributed by atoms with E-state index in [-0.39, 0.29) is 0 Å². The number of benzene rings is 2. The van der Waals surface area contributed by atoms with Crippen LogP contribution in [-0.4, -0.2) is 9.97 Å². The average molecular weight is 399 g/mol. The van der Waals surface area contributed by atoms with Gasteiger partial charge in [-0.2, -0.15) is 0 Å². The lowest BCUT2D eigenvalue weighted by atomic mass is 10.2. The number of nitrogens with one attached hydrogen (secondary N) is 1. The number of imidazole rings is 1. The zero-order valence-electron chi connectivity index (χ0n) is 8.74. The maximum Gasteiger partial charge on any atom is 0.139 e. The lowest BCUT2D eigenvalue weighted by Crippen LogP contribution is -1.83. The minimum atomic E-state index is 0.920. The van der Waals surface area contributed by atoms with Crippen molar-refractivity contribution in [3.05, 3.63) is 50.5 Å². The third-order valence-electron chi connectivity index (χ3n) is 2.57. The van der Waals surface area contributed by atoms with Crippen LogP contribution in [0, 0.1) is 3.57 Å². The number of halogens is 2. The van der Waals surface area contributed by atoms with Crippen LogP contribution in [0.2, 0.25) is 0 Å². The molecule has 2 nitrogen and oxygen atoms in total. The number of nitrogens with zero attached hydrogens (tertiary/aromatic N) is 1. The first-order chi connectivity index (χ1) is 8.24. The molecule has 0 bridgehead atoms. The zero-order chi connectivity index (χ0) is 11.8. The van der Waals surface area contributed by atoms with Crippen LogP contribution in [0.3, 0.4) is 0 Å². The molecule has 3 aromatic rings. The molecule has 0 aliphatic rings. The molecule has 0 unspecified atom stereocenters. The highest BCUT2D eigenvalue weighted by atomic mass is 127. The molecule has 0 radical (unpaired) electrons. The highest BCUT2D eigenvalue weighted by Gasteiger charge is 2.07. The molecule has 0 amide bonds. The molecule has 0 fully saturated rings. The number of fused-ring (bicyclic) bond motifs is 1. The van der Waals surface area contributed by atoms with E-state index in [1.807, 2.05) is 30.3 Å². The van der Waals surface area contributed by atoms with Gasteiger partial charge < -0.3 is 4.98 Å². The van der Waals surface area contributed by atoms with Gasteiger partial charge in [-0.3, -0.25) is 0 Å². The van der Waals surface area contributed by atoms with Gasteiger partial charge in [0.05, 0.1) is 11.0 Å². The first-order valence-electron chi connectivity index (χ1n) is 5.14. The average Bonchev–Trinajstić information content (AvgIpc) is 2.72. The predicted octanol–water partition coefficient (Wildman–Crippen LogP) is 4.60. The fraction of sp³-hybridized carbons (Fsp3) is 0. The van der Waals surface area contributed by atoms with E-state index in [1.54, 1.807) is 0 Å². The van der Waals surface area contributed by atoms with Crippen LogP contribution in [0.1, 0.15) is 0 Å².